The predicted molar refractivity (Wildman–Crippen MR) is 95.3 cm³/mol. The predicted octanol–water partition coefficient (Wildman–Crippen LogP) is 4.58. The van der Waals surface area contributed by atoms with Crippen molar-refractivity contribution in [1.29, 1.82) is 0 Å². The summed E-state index contributed by atoms with van der Waals surface area (Å²) < 4.78 is 0. The van der Waals surface area contributed by atoms with Crippen LogP contribution >= 0.6 is 0 Å². The van der Waals surface area contributed by atoms with E-state index >= 15 is 0 Å². The third kappa shape index (κ3) is 3.85. The van der Waals surface area contributed by atoms with Gasteiger partial charge in [-0.15, -0.1) is 0 Å². The van der Waals surface area contributed by atoms with Gasteiger partial charge in [-0.3, -0.25) is 4.98 Å². The van der Waals surface area contributed by atoms with E-state index in [9.17, 15) is 0 Å². The van der Waals surface area contributed by atoms with E-state index in [1.807, 2.05) is 12.3 Å². The van der Waals surface area contributed by atoms with Crippen molar-refractivity contribution in [3.05, 3.63) is 101 Å². The second kappa shape index (κ2) is 7.21. The summed E-state index contributed by atoms with van der Waals surface area (Å²) >= 11 is 0. The Morgan fingerprint density at radius 1 is 0.870 bits per heavy atom. The molecule has 0 amide bonds. The fraction of sp³-hybridized carbons (Fsp3) is 0.190. The maximum absolute atomic E-state index is 4.65. The quantitative estimate of drug-likeness (QED) is 0.746. The van der Waals surface area contributed by atoms with Gasteiger partial charge in [-0.2, -0.15) is 0 Å². The molecule has 116 valence electrons. The highest BCUT2D eigenvalue weighted by Gasteiger charge is 2.16. The molecule has 0 radical (unpaired) electrons. The highest BCUT2D eigenvalue weighted by Crippen LogP contribution is 2.24. The summed E-state index contributed by atoms with van der Waals surface area (Å²) in [5.74, 6) is 0. The molecular weight excluding hydrogens is 280 g/mol. The lowest BCUT2D eigenvalue weighted by Crippen LogP contribution is -2.23. The van der Waals surface area contributed by atoms with Crippen LogP contribution in [0.2, 0.25) is 0 Å². The molecule has 3 aromatic rings. The van der Waals surface area contributed by atoms with Gasteiger partial charge in [0.1, 0.15) is 0 Å². The van der Waals surface area contributed by atoms with Crippen LogP contribution in [0.4, 0.5) is 0 Å². The first-order valence-electron chi connectivity index (χ1n) is 7.99. The van der Waals surface area contributed by atoms with E-state index in [0.29, 0.717) is 0 Å². The molecule has 0 bridgehead atoms. The van der Waals surface area contributed by atoms with E-state index in [2.05, 4.69) is 84.8 Å². The van der Waals surface area contributed by atoms with Crippen LogP contribution in [-0.4, -0.2) is 4.98 Å². The minimum Gasteiger partial charge on any atom is -0.301 e. The number of hydrogen-bond donors (Lipinski definition) is 1. The molecule has 2 aromatic carbocycles. The number of pyridine rings is 1. The number of aryl methyl sites for hydroxylation is 2. The van der Waals surface area contributed by atoms with Gasteiger partial charge in [0.25, 0.3) is 0 Å². The number of aromatic nitrogens is 1. The topological polar surface area (TPSA) is 24.9 Å². The molecule has 0 saturated heterocycles. The van der Waals surface area contributed by atoms with Crippen LogP contribution < -0.4 is 5.32 Å². The summed E-state index contributed by atoms with van der Waals surface area (Å²) in [6.45, 7) is 5.03. The van der Waals surface area contributed by atoms with Crippen LogP contribution in [0, 0.1) is 13.8 Å². The second-order valence-corrected chi connectivity index (χ2v) is 5.92. The van der Waals surface area contributed by atoms with Crippen LogP contribution in [0.25, 0.3) is 0 Å². The number of nitrogens with one attached hydrogen (secondary N) is 1. The average molecular weight is 302 g/mol. The SMILES string of the molecule is Cc1ccc([C@@H](NCc2ccccc2)c2ccccc2C)nc1. The smallest absolute Gasteiger partial charge is 0.0756 e. The largest absolute Gasteiger partial charge is 0.301 e. The molecule has 1 heterocycles. The maximum Gasteiger partial charge on any atom is 0.0756 e. The third-order valence-corrected chi connectivity index (χ3v) is 4.08. The van der Waals surface area contributed by atoms with Crippen LogP contribution in [-0.2, 0) is 6.54 Å². The number of hydrogen-bond acceptors (Lipinski definition) is 2. The van der Waals surface area contributed by atoms with Crippen molar-refractivity contribution in [2.24, 2.45) is 0 Å². The molecule has 0 unspecified atom stereocenters. The molecule has 1 aromatic heterocycles. The summed E-state index contributed by atoms with van der Waals surface area (Å²) in [4.78, 5) is 4.65. The molecule has 0 fully saturated rings. The third-order valence-electron chi connectivity index (χ3n) is 4.08. The van der Waals surface area contributed by atoms with E-state index in [-0.39, 0.29) is 6.04 Å². The Labute approximate surface area is 138 Å². The van der Waals surface area contributed by atoms with Crippen LogP contribution in [0.15, 0.2) is 72.9 Å². The molecule has 1 atom stereocenters. The Morgan fingerprint density at radius 2 is 1.61 bits per heavy atom. The second-order valence-electron chi connectivity index (χ2n) is 5.92. The zero-order valence-corrected chi connectivity index (χ0v) is 13.7. The zero-order chi connectivity index (χ0) is 16.1. The van der Waals surface area contributed by atoms with Crippen molar-refractivity contribution >= 4 is 0 Å². The standard InChI is InChI=1S/C21H22N2/c1-16-12-13-20(22-14-16)21(19-11-7-6-8-17(19)2)23-15-18-9-4-3-5-10-18/h3-14,21,23H,15H2,1-2H3/t21-/m0/s1. The average Bonchev–Trinajstić information content (AvgIpc) is 2.59. The van der Waals surface area contributed by atoms with Gasteiger partial charge in [0.2, 0.25) is 0 Å². The molecule has 0 spiro atoms. The van der Waals surface area contributed by atoms with Gasteiger partial charge in [-0.05, 0) is 42.2 Å². The highest BCUT2D eigenvalue weighted by atomic mass is 14.9. The van der Waals surface area contributed by atoms with Crippen molar-refractivity contribution < 1.29 is 0 Å². The van der Waals surface area contributed by atoms with E-state index in [0.717, 1.165) is 12.2 Å². The van der Waals surface area contributed by atoms with Gasteiger partial charge in [-0.1, -0.05) is 60.7 Å². The molecule has 0 aliphatic carbocycles. The monoisotopic (exact) mass is 302 g/mol. The van der Waals surface area contributed by atoms with E-state index in [1.165, 1.54) is 22.3 Å². The lowest BCUT2D eigenvalue weighted by atomic mass is 9.97. The molecule has 3 rings (SSSR count). The van der Waals surface area contributed by atoms with E-state index in [4.69, 9.17) is 0 Å². The fourth-order valence-corrected chi connectivity index (χ4v) is 2.75. The summed E-state index contributed by atoms with van der Waals surface area (Å²) in [7, 11) is 0. The summed E-state index contributed by atoms with van der Waals surface area (Å²) in [5, 5.41) is 3.67. The van der Waals surface area contributed by atoms with Gasteiger partial charge in [0, 0.05) is 12.7 Å². The van der Waals surface area contributed by atoms with Crippen molar-refractivity contribution in [3.63, 3.8) is 0 Å². The fourth-order valence-electron chi connectivity index (χ4n) is 2.75. The molecule has 0 aliphatic heterocycles. The normalized spacial score (nSPS) is 12.1. The van der Waals surface area contributed by atoms with Crippen molar-refractivity contribution in [1.82, 2.24) is 10.3 Å². The van der Waals surface area contributed by atoms with Gasteiger partial charge in [0.05, 0.1) is 11.7 Å². The van der Waals surface area contributed by atoms with Crippen molar-refractivity contribution in [3.8, 4) is 0 Å². The Balaban J connectivity index is 1.90. The number of benzene rings is 2. The van der Waals surface area contributed by atoms with E-state index < -0.39 is 0 Å². The minimum absolute atomic E-state index is 0.0945. The summed E-state index contributed by atoms with van der Waals surface area (Å²) in [5.41, 5.74) is 6.07. The molecule has 2 heteroatoms. The number of nitrogens with zero attached hydrogens (tertiary/aromatic N) is 1. The van der Waals surface area contributed by atoms with Crippen LogP contribution in [0.3, 0.4) is 0 Å². The van der Waals surface area contributed by atoms with E-state index in [1.54, 1.807) is 0 Å². The van der Waals surface area contributed by atoms with Crippen molar-refractivity contribution in [2.45, 2.75) is 26.4 Å². The molecule has 1 N–H and O–H groups in total. The zero-order valence-electron chi connectivity index (χ0n) is 13.7. The molecule has 0 saturated carbocycles. The van der Waals surface area contributed by atoms with Gasteiger partial charge in [-0.25, -0.2) is 0 Å². The maximum atomic E-state index is 4.65. The van der Waals surface area contributed by atoms with Crippen LogP contribution in [0.5, 0.6) is 0 Å². The Kier molecular flexibility index (Phi) is 4.84. The number of rotatable bonds is 5. The lowest BCUT2D eigenvalue weighted by molar-refractivity contribution is 0.589. The van der Waals surface area contributed by atoms with Gasteiger partial charge < -0.3 is 5.32 Å². The first-order valence-corrected chi connectivity index (χ1v) is 7.99. The minimum atomic E-state index is 0.0945. The summed E-state index contributed by atoms with van der Waals surface area (Å²) in [6, 6.07) is 23.3. The molecule has 0 aliphatic rings. The Bertz CT molecular complexity index is 748. The first kappa shape index (κ1) is 15.4. The lowest BCUT2D eigenvalue weighted by Gasteiger charge is -2.21. The van der Waals surface area contributed by atoms with Gasteiger partial charge >= 0.3 is 0 Å². The highest BCUT2D eigenvalue weighted by molar-refractivity contribution is 5.35. The van der Waals surface area contributed by atoms with Gasteiger partial charge in [0.15, 0.2) is 0 Å². The molecule has 23 heavy (non-hydrogen) atoms. The van der Waals surface area contributed by atoms with Crippen molar-refractivity contribution in [2.75, 3.05) is 0 Å². The summed E-state index contributed by atoms with van der Waals surface area (Å²) in [6.07, 6.45) is 1.94. The Hall–Kier alpha value is -2.45. The Morgan fingerprint density at radius 3 is 2.30 bits per heavy atom. The molecule has 2 nitrogen and oxygen atoms in total. The first-order chi connectivity index (χ1) is 11.2. The van der Waals surface area contributed by atoms with Crippen LogP contribution in [0.1, 0.15) is 34.0 Å². The molecular formula is C21H22N2.